The Kier molecular flexibility index (Phi) is 2.75. The van der Waals surface area contributed by atoms with Crippen LogP contribution < -0.4 is 9.47 Å². The minimum absolute atomic E-state index is 0.241. The van der Waals surface area contributed by atoms with Crippen molar-refractivity contribution in [1.82, 2.24) is 0 Å². The molecule has 1 unspecified atom stereocenters. The average Bonchev–Trinajstić information content (AvgIpc) is 2.79. The molecule has 1 atom stereocenters. The predicted molar refractivity (Wildman–Crippen MR) is 72.9 cm³/mol. The first-order valence-electron chi connectivity index (χ1n) is 6.10. The topological polar surface area (TPSA) is 35.5 Å². The molecular formula is C16H14O3. The number of hydrogen-bond acceptors (Lipinski definition) is 3. The summed E-state index contributed by atoms with van der Waals surface area (Å²) in [5.41, 5.74) is 4.04. The number of benzene rings is 2. The molecule has 0 aromatic heterocycles. The van der Waals surface area contributed by atoms with Crippen molar-refractivity contribution >= 4 is 6.29 Å². The molecule has 0 fully saturated rings. The molecule has 0 N–H and O–H groups in total. The van der Waals surface area contributed by atoms with Crippen LogP contribution in [0.1, 0.15) is 17.0 Å². The van der Waals surface area contributed by atoms with Crippen LogP contribution in [0.3, 0.4) is 0 Å². The van der Waals surface area contributed by atoms with Gasteiger partial charge in [-0.3, -0.25) is 0 Å². The van der Waals surface area contributed by atoms with Crippen LogP contribution in [0.2, 0.25) is 0 Å². The lowest BCUT2D eigenvalue weighted by Crippen LogP contribution is -1.98. The number of aldehydes is 1. The van der Waals surface area contributed by atoms with Crippen LogP contribution in [0.15, 0.2) is 36.4 Å². The van der Waals surface area contributed by atoms with E-state index in [2.05, 4.69) is 0 Å². The molecule has 0 amide bonds. The Balaban J connectivity index is 2.29. The van der Waals surface area contributed by atoms with Crippen molar-refractivity contribution in [3.63, 3.8) is 0 Å². The van der Waals surface area contributed by atoms with Gasteiger partial charge in [0.25, 0.3) is 0 Å². The van der Waals surface area contributed by atoms with Crippen molar-refractivity contribution in [3.05, 3.63) is 47.5 Å². The van der Waals surface area contributed by atoms with Gasteiger partial charge in [0.2, 0.25) is 0 Å². The molecule has 0 saturated carbocycles. The monoisotopic (exact) mass is 254 g/mol. The standard InChI is InChI=1S/C16H14O3/c1-18-10-6-7-12-13(8-10)14(9-17)11-4-3-5-15(19-2)16(11)12/h3-9,14H,1-2H3. The normalized spacial score (nSPS) is 15.6. The Morgan fingerprint density at radius 3 is 2.58 bits per heavy atom. The number of methoxy groups -OCH3 is 2. The van der Waals surface area contributed by atoms with E-state index in [-0.39, 0.29) is 5.92 Å². The molecule has 2 aromatic rings. The van der Waals surface area contributed by atoms with Crippen molar-refractivity contribution in [2.45, 2.75) is 5.92 Å². The molecule has 2 aromatic carbocycles. The maximum Gasteiger partial charge on any atom is 0.131 e. The Labute approximate surface area is 111 Å². The Morgan fingerprint density at radius 1 is 1.05 bits per heavy atom. The zero-order chi connectivity index (χ0) is 13.4. The number of carbonyl (C=O) groups excluding carboxylic acids is 1. The lowest BCUT2D eigenvalue weighted by Gasteiger charge is -2.08. The maximum absolute atomic E-state index is 11.5. The van der Waals surface area contributed by atoms with Gasteiger partial charge in [0, 0.05) is 5.56 Å². The fraction of sp³-hybridized carbons (Fsp3) is 0.188. The van der Waals surface area contributed by atoms with Gasteiger partial charge in [0.15, 0.2) is 0 Å². The van der Waals surface area contributed by atoms with Gasteiger partial charge in [0.1, 0.15) is 17.8 Å². The third-order valence-electron chi connectivity index (χ3n) is 3.61. The van der Waals surface area contributed by atoms with Gasteiger partial charge in [0.05, 0.1) is 20.1 Å². The van der Waals surface area contributed by atoms with E-state index in [4.69, 9.17) is 9.47 Å². The first-order chi connectivity index (χ1) is 9.30. The fourth-order valence-corrected chi connectivity index (χ4v) is 2.73. The summed E-state index contributed by atoms with van der Waals surface area (Å²) in [7, 11) is 3.27. The molecule has 0 aliphatic heterocycles. The molecule has 0 radical (unpaired) electrons. The van der Waals surface area contributed by atoms with E-state index in [1.807, 2.05) is 36.4 Å². The zero-order valence-corrected chi connectivity index (χ0v) is 10.8. The van der Waals surface area contributed by atoms with Gasteiger partial charge in [-0.1, -0.05) is 18.2 Å². The van der Waals surface area contributed by atoms with Crippen molar-refractivity contribution in [1.29, 1.82) is 0 Å². The molecule has 3 rings (SSSR count). The first kappa shape index (κ1) is 11.8. The molecule has 0 heterocycles. The van der Waals surface area contributed by atoms with Gasteiger partial charge >= 0.3 is 0 Å². The summed E-state index contributed by atoms with van der Waals surface area (Å²) in [4.78, 5) is 11.5. The van der Waals surface area contributed by atoms with E-state index in [0.717, 1.165) is 40.0 Å². The second-order valence-corrected chi connectivity index (χ2v) is 4.49. The van der Waals surface area contributed by atoms with Crippen molar-refractivity contribution in [2.24, 2.45) is 0 Å². The lowest BCUT2D eigenvalue weighted by molar-refractivity contribution is -0.108. The van der Waals surface area contributed by atoms with Crippen molar-refractivity contribution < 1.29 is 14.3 Å². The van der Waals surface area contributed by atoms with Gasteiger partial charge in [-0.2, -0.15) is 0 Å². The highest BCUT2D eigenvalue weighted by atomic mass is 16.5. The molecule has 0 spiro atoms. The van der Waals surface area contributed by atoms with E-state index in [1.54, 1.807) is 14.2 Å². The summed E-state index contributed by atoms with van der Waals surface area (Å²) in [6.07, 6.45) is 0.976. The minimum Gasteiger partial charge on any atom is -0.497 e. The molecular weight excluding hydrogens is 240 g/mol. The van der Waals surface area contributed by atoms with Gasteiger partial charge in [-0.25, -0.2) is 0 Å². The summed E-state index contributed by atoms with van der Waals surface area (Å²) in [6, 6.07) is 11.6. The van der Waals surface area contributed by atoms with Gasteiger partial charge in [-0.15, -0.1) is 0 Å². The number of ether oxygens (including phenoxy) is 2. The minimum atomic E-state index is -0.241. The van der Waals surface area contributed by atoms with Gasteiger partial charge < -0.3 is 14.3 Å². The summed E-state index contributed by atoms with van der Waals surface area (Å²) < 4.78 is 10.7. The smallest absolute Gasteiger partial charge is 0.131 e. The third kappa shape index (κ3) is 1.62. The largest absolute Gasteiger partial charge is 0.497 e. The predicted octanol–water partition coefficient (Wildman–Crippen LogP) is 3.02. The van der Waals surface area contributed by atoms with Crippen LogP contribution in [0.4, 0.5) is 0 Å². The highest BCUT2D eigenvalue weighted by molar-refractivity contribution is 5.91. The fourth-order valence-electron chi connectivity index (χ4n) is 2.73. The van der Waals surface area contributed by atoms with Crippen LogP contribution >= 0.6 is 0 Å². The van der Waals surface area contributed by atoms with E-state index < -0.39 is 0 Å². The van der Waals surface area contributed by atoms with Gasteiger partial charge in [-0.05, 0) is 34.9 Å². The van der Waals surface area contributed by atoms with Crippen molar-refractivity contribution in [2.75, 3.05) is 14.2 Å². The summed E-state index contributed by atoms with van der Waals surface area (Å²) in [6.45, 7) is 0. The molecule has 1 aliphatic carbocycles. The van der Waals surface area contributed by atoms with Crippen LogP contribution in [0.5, 0.6) is 11.5 Å². The first-order valence-corrected chi connectivity index (χ1v) is 6.10. The van der Waals surface area contributed by atoms with Crippen LogP contribution in [-0.4, -0.2) is 20.5 Å². The summed E-state index contributed by atoms with van der Waals surface area (Å²) >= 11 is 0. The molecule has 96 valence electrons. The maximum atomic E-state index is 11.5. The van der Waals surface area contributed by atoms with E-state index >= 15 is 0 Å². The number of fused-ring (bicyclic) bond motifs is 3. The van der Waals surface area contributed by atoms with Crippen molar-refractivity contribution in [3.8, 4) is 22.6 Å². The Morgan fingerprint density at radius 2 is 1.89 bits per heavy atom. The Hall–Kier alpha value is -2.29. The third-order valence-corrected chi connectivity index (χ3v) is 3.61. The van der Waals surface area contributed by atoms with E-state index in [9.17, 15) is 4.79 Å². The zero-order valence-electron chi connectivity index (χ0n) is 10.8. The Bertz CT molecular complexity index is 646. The highest BCUT2D eigenvalue weighted by Crippen LogP contribution is 2.49. The van der Waals surface area contributed by atoms with E-state index in [1.165, 1.54) is 0 Å². The highest BCUT2D eigenvalue weighted by Gasteiger charge is 2.31. The molecule has 0 bridgehead atoms. The molecule has 0 saturated heterocycles. The molecule has 3 nitrogen and oxygen atoms in total. The number of carbonyl (C=O) groups is 1. The molecule has 19 heavy (non-hydrogen) atoms. The number of rotatable bonds is 3. The summed E-state index contributed by atoms with van der Waals surface area (Å²) in [5, 5.41) is 0. The van der Waals surface area contributed by atoms with E-state index in [0.29, 0.717) is 0 Å². The quantitative estimate of drug-likeness (QED) is 0.790. The second kappa shape index (κ2) is 4.43. The lowest BCUT2D eigenvalue weighted by atomic mass is 9.98. The SMILES string of the molecule is COc1ccc2c(c1)C(C=O)c1cccc(OC)c1-2. The van der Waals surface area contributed by atoms with Crippen LogP contribution in [0, 0.1) is 0 Å². The second-order valence-electron chi connectivity index (χ2n) is 4.49. The summed E-state index contributed by atoms with van der Waals surface area (Å²) in [5.74, 6) is 1.32. The molecule has 3 heteroatoms. The average molecular weight is 254 g/mol. The van der Waals surface area contributed by atoms with Crippen LogP contribution in [0.25, 0.3) is 11.1 Å². The van der Waals surface area contributed by atoms with Crippen LogP contribution in [-0.2, 0) is 4.79 Å². The number of hydrogen-bond donors (Lipinski definition) is 0. The molecule has 1 aliphatic rings.